The molecule has 0 unspecified atom stereocenters. The molecule has 3 N–H and O–H groups in total. The first-order valence-corrected chi connectivity index (χ1v) is 0.775. The van der Waals surface area contributed by atoms with Crippen molar-refractivity contribution in [3.8, 4) is 0 Å². The van der Waals surface area contributed by atoms with Gasteiger partial charge in [-0.05, 0) is 0 Å². The minimum absolute atomic E-state index is 0. The molecule has 10 heavy (non-hydrogen) atoms. The molecule has 0 amide bonds. The summed E-state index contributed by atoms with van der Waals surface area (Å²) < 4.78 is 0. The fraction of sp³-hybridized carbons (Fsp3) is 0. The molecule has 0 aromatic carbocycles. The molecule has 0 rings (SSSR count). The molecule has 0 aromatic heterocycles. The van der Waals surface area contributed by atoms with E-state index in [0.29, 0.717) is 0 Å². The summed E-state index contributed by atoms with van der Waals surface area (Å²) >= 11 is 0. The summed E-state index contributed by atoms with van der Waals surface area (Å²) in [5.41, 5.74) is 0. The Morgan fingerprint density at radius 3 is 0.600 bits per heavy atom. The molecule has 0 aromatic rings. The van der Waals surface area contributed by atoms with Crippen LogP contribution in [0.25, 0.3) is 0 Å². The summed E-state index contributed by atoms with van der Waals surface area (Å²) in [6, 6.07) is 0. The summed E-state index contributed by atoms with van der Waals surface area (Å²) in [7, 11) is -2.17. The van der Waals surface area contributed by atoms with Crippen molar-refractivity contribution >= 4 is 7.32 Å². The predicted octanol–water partition coefficient (Wildman–Crippen LogP) is -20.0. The number of halogens is 3. The fourth-order valence-corrected chi connectivity index (χ4v) is 0. The molecule has 0 saturated carbocycles. The van der Waals surface area contributed by atoms with E-state index in [0.717, 1.165) is 0 Å². The van der Waals surface area contributed by atoms with E-state index in [1.165, 1.54) is 0 Å². The van der Waals surface area contributed by atoms with Crippen molar-refractivity contribution in [2.75, 3.05) is 0 Å². The molecule has 0 heterocycles. The maximum Gasteiger partial charge on any atom is 1.00 e. The Morgan fingerprint density at radius 2 is 0.600 bits per heavy atom. The Hall–Kier alpha value is 3.81. The van der Waals surface area contributed by atoms with Gasteiger partial charge in [0.2, 0.25) is 0 Å². The van der Waals surface area contributed by atoms with Gasteiger partial charge in [-0.15, -0.1) is 0 Å². The number of rotatable bonds is 0. The fourth-order valence-electron chi connectivity index (χ4n) is 0. The van der Waals surface area contributed by atoms with Crippen molar-refractivity contribution in [2.45, 2.75) is 0 Å². The van der Waals surface area contributed by atoms with Gasteiger partial charge in [0.1, 0.15) is 0 Å². The minimum Gasteiger partial charge on any atom is -1.00 e. The number of hydrogen-bond donors (Lipinski definition) is 3. The summed E-state index contributed by atoms with van der Waals surface area (Å²) in [4.78, 5) is 0. The Balaban J connectivity index is -0.00000000300. The molecule has 10 heteroatoms. The molecule has 3 nitrogen and oxygen atoms in total. The summed E-state index contributed by atoms with van der Waals surface area (Å²) in [5.74, 6) is 0. The molecule has 0 atom stereocenters. The third kappa shape index (κ3) is 95.0. The van der Waals surface area contributed by atoms with Gasteiger partial charge >= 0.3 is 96.0 Å². The van der Waals surface area contributed by atoms with Gasteiger partial charge in [0, 0.05) is 0 Å². The van der Waals surface area contributed by atoms with Crippen LogP contribution in [-0.4, -0.2) is 22.4 Å². The van der Waals surface area contributed by atoms with Crippen LogP contribution in [0, 0.1) is 0 Å². The summed E-state index contributed by atoms with van der Waals surface area (Å²) in [5, 5.41) is 21.5. The zero-order chi connectivity index (χ0) is 3.58. The second-order valence-corrected chi connectivity index (χ2v) is 0.346. The molecular weight excluding hydrogens is 234 g/mol. The molecule has 0 bridgehead atoms. The molecule has 0 aliphatic heterocycles. The average molecular weight is 237 g/mol. The van der Waals surface area contributed by atoms with E-state index in [4.69, 9.17) is 15.1 Å². The second-order valence-electron chi connectivity index (χ2n) is 0.346. The Morgan fingerprint density at radius 1 is 0.600 bits per heavy atom. The van der Waals surface area contributed by atoms with E-state index >= 15 is 0 Å². The van der Waals surface area contributed by atoms with Gasteiger partial charge in [-0.25, -0.2) is 0 Å². The Bertz CT molecular complexity index is 23.7. The predicted molar refractivity (Wildman–Crippen MR) is 12.4 cm³/mol. The Labute approximate surface area is 145 Å². The third-order valence-electron chi connectivity index (χ3n) is 0. The topological polar surface area (TPSA) is 60.7 Å². The largest absolute Gasteiger partial charge is 1.00 e. The van der Waals surface area contributed by atoms with E-state index < -0.39 is 7.32 Å². The molecule has 0 aliphatic carbocycles. The quantitative estimate of drug-likeness (QED) is 0.367. The van der Waals surface area contributed by atoms with Gasteiger partial charge in [0.05, 0.1) is 0 Å². The van der Waals surface area contributed by atoms with Crippen LogP contribution in [-0.2, 0) is 0 Å². The van der Waals surface area contributed by atoms with Gasteiger partial charge in [-0.2, -0.15) is 0 Å². The summed E-state index contributed by atoms with van der Waals surface area (Å²) in [6.07, 6.45) is 0. The molecular formula is H3BCl3Na3O3. The van der Waals surface area contributed by atoms with Gasteiger partial charge in [0.25, 0.3) is 0 Å². The normalized spacial score (nSPS) is 2.70. The Kier molecular flexibility index (Phi) is 188. The van der Waals surface area contributed by atoms with Gasteiger partial charge < -0.3 is 52.3 Å². The van der Waals surface area contributed by atoms with Crippen molar-refractivity contribution in [3.63, 3.8) is 0 Å². The van der Waals surface area contributed by atoms with Crippen LogP contribution in [0.2, 0.25) is 0 Å². The van der Waals surface area contributed by atoms with Crippen molar-refractivity contribution in [2.24, 2.45) is 0 Å². The van der Waals surface area contributed by atoms with Crippen molar-refractivity contribution in [1.82, 2.24) is 0 Å². The molecule has 48 valence electrons. The van der Waals surface area contributed by atoms with Crippen LogP contribution < -0.4 is 126 Å². The van der Waals surface area contributed by atoms with Crippen molar-refractivity contribution in [3.05, 3.63) is 0 Å². The monoisotopic (exact) mass is 236 g/mol. The van der Waals surface area contributed by atoms with Crippen LogP contribution in [0.15, 0.2) is 0 Å². The van der Waals surface area contributed by atoms with E-state index in [2.05, 4.69) is 0 Å². The molecule has 0 fully saturated rings. The SMILES string of the molecule is OB(O)O.[Cl-].[Cl-].[Cl-].[Na+].[Na+].[Na+]. The van der Waals surface area contributed by atoms with Crippen LogP contribution in [0.5, 0.6) is 0 Å². The summed E-state index contributed by atoms with van der Waals surface area (Å²) in [6.45, 7) is 0. The maximum atomic E-state index is 7.17. The van der Waals surface area contributed by atoms with Gasteiger partial charge in [0.15, 0.2) is 0 Å². The average Bonchev–Trinajstić information content (AvgIpc) is 0.811. The van der Waals surface area contributed by atoms with Crippen LogP contribution in [0.3, 0.4) is 0 Å². The van der Waals surface area contributed by atoms with Crippen LogP contribution >= 0.6 is 0 Å². The molecule has 0 radical (unpaired) electrons. The van der Waals surface area contributed by atoms with Gasteiger partial charge in [-0.1, -0.05) is 0 Å². The molecule has 0 spiro atoms. The zero-order valence-electron chi connectivity index (χ0n) is 6.05. The van der Waals surface area contributed by atoms with Crippen molar-refractivity contribution in [1.29, 1.82) is 0 Å². The van der Waals surface area contributed by atoms with E-state index in [1.807, 2.05) is 0 Å². The standard InChI is InChI=1S/BH3O3.3ClH.3Na/c2-1(3)4;;;;;;/h2-4H;3*1H;;;/q;;;;3*+1/p-3. The van der Waals surface area contributed by atoms with E-state index in [1.54, 1.807) is 0 Å². The maximum absolute atomic E-state index is 7.17. The van der Waals surface area contributed by atoms with Gasteiger partial charge in [-0.3, -0.25) is 0 Å². The van der Waals surface area contributed by atoms with Crippen molar-refractivity contribution < 1.29 is 141 Å². The van der Waals surface area contributed by atoms with Crippen LogP contribution in [0.4, 0.5) is 0 Å². The first-order valence-electron chi connectivity index (χ1n) is 0.775. The zero-order valence-corrected chi connectivity index (χ0v) is 14.3. The first kappa shape index (κ1) is 48.8. The smallest absolute Gasteiger partial charge is 1.00 e. The second kappa shape index (κ2) is 38.5. The first-order chi connectivity index (χ1) is 1.73. The molecule has 0 aliphatic rings. The molecule has 0 saturated heterocycles. The number of hydrogen-bond acceptors (Lipinski definition) is 3. The van der Waals surface area contributed by atoms with E-state index in [-0.39, 0.29) is 126 Å². The van der Waals surface area contributed by atoms with E-state index in [9.17, 15) is 0 Å². The minimum atomic E-state index is -2.17. The third-order valence-corrected chi connectivity index (χ3v) is 0. The van der Waals surface area contributed by atoms with Crippen LogP contribution in [0.1, 0.15) is 0 Å².